The number of aryl methyl sites for hydroxylation is 2. The van der Waals surface area contributed by atoms with Crippen molar-refractivity contribution in [2.24, 2.45) is 0 Å². The first kappa shape index (κ1) is 12.8. The Bertz CT molecular complexity index is 552. The van der Waals surface area contributed by atoms with E-state index >= 15 is 0 Å². The van der Waals surface area contributed by atoms with Crippen LogP contribution in [0.15, 0.2) is 46.2 Å². The highest BCUT2D eigenvalue weighted by Crippen LogP contribution is 2.33. The van der Waals surface area contributed by atoms with Gasteiger partial charge in [0, 0.05) is 19.0 Å². The van der Waals surface area contributed by atoms with Crippen molar-refractivity contribution >= 4 is 40.0 Å². The van der Waals surface area contributed by atoms with E-state index in [0.29, 0.717) is 0 Å². The first-order valence-corrected chi connectivity index (χ1v) is 7.26. The molecule has 0 aromatic heterocycles. The van der Waals surface area contributed by atoms with Crippen LogP contribution in [0, 0.1) is 17.4 Å². The Hall–Kier alpha value is -0.680. The lowest BCUT2D eigenvalue weighted by atomic mass is 10.1. The highest BCUT2D eigenvalue weighted by Gasteiger charge is 2.03. The second kappa shape index (κ2) is 5.31. The van der Waals surface area contributed by atoms with Crippen molar-refractivity contribution in [1.82, 2.24) is 0 Å². The molecule has 1 nitrogen and oxygen atoms in total. The first-order valence-electron chi connectivity index (χ1n) is 5.36. The van der Waals surface area contributed by atoms with Crippen LogP contribution in [0.5, 0.6) is 0 Å². The summed E-state index contributed by atoms with van der Waals surface area (Å²) in [5.74, 6) is 0. The van der Waals surface area contributed by atoms with Gasteiger partial charge in [0.1, 0.15) is 0 Å². The maximum Gasteiger partial charge on any atom is 0.0466 e. The molecule has 3 heteroatoms. The molecule has 2 N–H and O–H groups in total. The van der Waals surface area contributed by atoms with E-state index in [1.54, 1.807) is 11.8 Å². The number of nitrogen functional groups attached to an aromatic ring is 1. The molecule has 2 rings (SSSR count). The van der Waals surface area contributed by atoms with Crippen molar-refractivity contribution in [2.45, 2.75) is 23.6 Å². The zero-order chi connectivity index (χ0) is 12.4. The molecule has 0 fully saturated rings. The smallest absolute Gasteiger partial charge is 0.0466 e. The lowest BCUT2D eigenvalue weighted by Crippen LogP contribution is -1.89. The minimum absolute atomic E-state index is 0.847. The summed E-state index contributed by atoms with van der Waals surface area (Å²) in [6.45, 7) is 4.26. The van der Waals surface area contributed by atoms with Gasteiger partial charge >= 0.3 is 0 Å². The fourth-order valence-corrected chi connectivity index (χ4v) is 2.97. The molecular weight excluding hydrogens is 341 g/mol. The normalized spacial score (nSPS) is 10.5. The average molecular weight is 355 g/mol. The predicted octanol–water partition coefficient (Wildman–Crippen LogP) is 4.64. The molecule has 0 aliphatic heterocycles. The molecule has 0 amide bonds. The molecule has 0 aliphatic rings. The molecule has 0 aliphatic carbocycles. The summed E-state index contributed by atoms with van der Waals surface area (Å²) in [5, 5.41) is 0. The molecule has 0 atom stereocenters. The summed E-state index contributed by atoms with van der Waals surface area (Å²) in [6.07, 6.45) is 0. The number of hydrogen-bond acceptors (Lipinski definition) is 2. The fraction of sp³-hybridized carbons (Fsp3) is 0.143. The molecular formula is C14H14INS. The minimum atomic E-state index is 0.847. The molecule has 0 unspecified atom stereocenters. The van der Waals surface area contributed by atoms with Crippen LogP contribution in [0.1, 0.15) is 11.1 Å². The van der Waals surface area contributed by atoms with E-state index in [4.69, 9.17) is 5.73 Å². The van der Waals surface area contributed by atoms with Gasteiger partial charge in [0.15, 0.2) is 0 Å². The number of rotatable bonds is 2. The van der Waals surface area contributed by atoms with E-state index in [2.05, 4.69) is 66.8 Å². The number of anilines is 1. The summed E-state index contributed by atoms with van der Waals surface area (Å²) < 4.78 is 1.17. The summed E-state index contributed by atoms with van der Waals surface area (Å²) in [7, 11) is 0. The fourth-order valence-electron chi connectivity index (χ4n) is 1.52. The molecule has 2 aromatic carbocycles. The van der Waals surface area contributed by atoms with E-state index < -0.39 is 0 Å². The quantitative estimate of drug-likeness (QED) is 0.627. The van der Waals surface area contributed by atoms with E-state index in [9.17, 15) is 0 Å². The summed E-state index contributed by atoms with van der Waals surface area (Å²) in [5.41, 5.74) is 9.50. The summed E-state index contributed by atoms with van der Waals surface area (Å²) in [4.78, 5) is 2.36. The zero-order valence-corrected chi connectivity index (χ0v) is 12.8. The van der Waals surface area contributed by atoms with Gasteiger partial charge in [0.2, 0.25) is 0 Å². The number of hydrogen-bond donors (Lipinski definition) is 1. The summed E-state index contributed by atoms with van der Waals surface area (Å²) >= 11 is 3.99. The topological polar surface area (TPSA) is 26.0 Å². The van der Waals surface area contributed by atoms with Crippen molar-refractivity contribution in [1.29, 1.82) is 0 Å². The van der Waals surface area contributed by atoms with E-state index in [0.717, 1.165) is 10.6 Å². The zero-order valence-electron chi connectivity index (χ0n) is 9.83. The Kier molecular flexibility index (Phi) is 3.99. The lowest BCUT2D eigenvalue weighted by molar-refractivity contribution is 1.27. The Morgan fingerprint density at radius 2 is 1.76 bits per heavy atom. The Morgan fingerprint density at radius 1 is 1.00 bits per heavy atom. The first-order chi connectivity index (χ1) is 8.06. The Balaban J connectivity index is 2.28. The van der Waals surface area contributed by atoms with E-state index in [-0.39, 0.29) is 0 Å². The average Bonchev–Trinajstić information content (AvgIpc) is 2.27. The number of nitrogens with two attached hydrogens (primary N) is 1. The monoisotopic (exact) mass is 355 g/mol. The third-order valence-corrected chi connectivity index (χ3v) is 4.43. The van der Waals surface area contributed by atoms with Gasteiger partial charge in [-0.15, -0.1) is 0 Å². The van der Waals surface area contributed by atoms with Crippen LogP contribution in [0.2, 0.25) is 0 Å². The molecule has 0 radical (unpaired) electrons. The van der Waals surface area contributed by atoms with Crippen LogP contribution < -0.4 is 5.73 Å². The predicted molar refractivity (Wildman–Crippen MR) is 83.6 cm³/mol. The van der Waals surface area contributed by atoms with Crippen molar-refractivity contribution in [3.8, 4) is 0 Å². The van der Waals surface area contributed by atoms with Crippen LogP contribution in [-0.4, -0.2) is 0 Å². The number of halogens is 1. The number of benzene rings is 2. The van der Waals surface area contributed by atoms with Crippen LogP contribution in [-0.2, 0) is 0 Å². The van der Waals surface area contributed by atoms with Crippen molar-refractivity contribution in [2.75, 3.05) is 5.73 Å². The maximum absolute atomic E-state index is 6.01. The van der Waals surface area contributed by atoms with Crippen LogP contribution in [0.25, 0.3) is 0 Å². The van der Waals surface area contributed by atoms with E-state index in [1.165, 1.54) is 19.6 Å². The second-order valence-corrected chi connectivity index (χ2v) is 6.39. The minimum Gasteiger partial charge on any atom is -0.398 e. The highest BCUT2D eigenvalue weighted by atomic mass is 127. The third kappa shape index (κ3) is 3.16. The molecule has 2 aromatic rings. The van der Waals surface area contributed by atoms with Gasteiger partial charge < -0.3 is 5.73 Å². The Morgan fingerprint density at radius 3 is 2.41 bits per heavy atom. The lowest BCUT2D eigenvalue weighted by Gasteiger charge is -2.07. The van der Waals surface area contributed by atoms with Gasteiger partial charge in [-0.1, -0.05) is 17.8 Å². The highest BCUT2D eigenvalue weighted by molar-refractivity contribution is 14.1. The van der Waals surface area contributed by atoms with Gasteiger partial charge in [0.05, 0.1) is 0 Å². The standard InChI is InChI=1S/C14H14INS/c1-9-3-5-12(7-10(9)2)17-14-6-4-11(15)8-13(14)16/h3-8H,16H2,1-2H3. The molecule has 0 bridgehead atoms. The summed E-state index contributed by atoms with van der Waals surface area (Å²) in [6, 6.07) is 12.7. The van der Waals surface area contributed by atoms with Crippen LogP contribution in [0.3, 0.4) is 0 Å². The van der Waals surface area contributed by atoms with Crippen LogP contribution in [0.4, 0.5) is 5.69 Å². The van der Waals surface area contributed by atoms with Crippen molar-refractivity contribution in [3.63, 3.8) is 0 Å². The van der Waals surface area contributed by atoms with Gasteiger partial charge in [-0.2, -0.15) is 0 Å². The Labute approximate surface area is 120 Å². The molecule has 0 saturated heterocycles. The van der Waals surface area contributed by atoms with E-state index in [1.807, 2.05) is 6.07 Å². The van der Waals surface area contributed by atoms with Gasteiger partial charge in [-0.25, -0.2) is 0 Å². The largest absolute Gasteiger partial charge is 0.398 e. The maximum atomic E-state index is 6.01. The van der Waals surface area contributed by atoms with Gasteiger partial charge in [-0.3, -0.25) is 0 Å². The molecule has 88 valence electrons. The van der Waals surface area contributed by atoms with Crippen LogP contribution >= 0.6 is 34.4 Å². The van der Waals surface area contributed by atoms with Crippen molar-refractivity contribution < 1.29 is 0 Å². The van der Waals surface area contributed by atoms with Gasteiger partial charge in [-0.05, 0) is 77.9 Å². The SMILES string of the molecule is Cc1ccc(Sc2ccc(I)cc2N)cc1C. The molecule has 0 heterocycles. The van der Waals surface area contributed by atoms with Gasteiger partial charge in [0.25, 0.3) is 0 Å². The molecule has 0 saturated carbocycles. The van der Waals surface area contributed by atoms with Crippen molar-refractivity contribution in [3.05, 3.63) is 51.1 Å². The molecule has 17 heavy (non-hydrogen) atoms. The third-order valence-electron chi connectivity index (χ3n) is 2.68. The molecule has 0 spiro atoms. The second-order valence-electron chi connectivity index (χ2n) is 4.03.